The van der Waals surface area contributed by atoms with Gasteiger partial charge in [-0.05, 0) is 64.6 Å². The highest BCUT2D eigenvalue weighted by atomic mass is 16.5. The third-order valence-corrected chi connectivity index (χ3v) is 5.03. The van der Waals surface area contributed by atoms with Crippen LogP contribution in [0.1, 0.15) is 16.7 Å². The molecule has 25 heavy (non-hydrogen) atoms. The molecule has 0 aliphatic carbocycles. The first-order valence-corrected chi connectivity index (χ1v) is 8.29. The second-order valence-corrected chi connectivity index (χ2v) is 6.54. The van der Waals surface area contributed by atoms with E-state index in [1.165, 1.54) is 16.3 Å². The maximum Gasteiger partial charge on any atom is 0.143 e. The van der Waals surface area contributed by atoms with Gasteiger partial charge in [0.25, 0.3) is 0 Å². The topological polar surface area (TPSA) is 29.5 Å². The second kappa shape index (κ2) is 4.87. The van der Waals surface area contributed by atoms with Crippen LogP contribution in [0.25, 0.3) is 27.1 Å². The van der Waals surface area contributed by atoms with Crippen molar-refractivity contribution in [1.82, 2.24) is 0 Å². The van der Waals surface area contributed by atoms with Gasteiger partial charge in [0.2, 0.25) is 0 Å². The molecular formula is C23H16O2. The molecule has 1 aliphatic rings. The smallest absolute Gasteiger partial charge is 0.143 e. The minimum atomic E-state index is 0.254. The van der Waals surface area contributed by atoms with E-state index in [-0.39, 0.29) is 5.75 Å². The summed E-state index contributed by atoms with van der Waals surface area (Å²) < 4.78 is 6.31. The van der Waals surface area contributed by atoms with E-state index in [1.54, 1.807) is 12.1 Å². The normalized spacial score (nSPS) is 12.8. The summed E-state index contributed by atoms with van der Waals surface area (Å²) in [5, 5.41) is 14.0. The largest absolute Gasteiger partial charge is 0.508 e. The van der Waals surface area contributed by atoms with Crippen molar-refractivity contribution in [2.75, 3.05) is 0 Å². The molecule has 0 spiro atoms. The van der Waals surface area contributed by atoms with E-state index < -0.39 is 0 Å². The molecule has 2 nitrogen and oxygen atoms in total. The summed E-state index contributed by atoms with van der Waals surface area (Å²) in [6.07, 6.45) is 0. The van der Waals surface area contributed by atoms with Crippen molar-refractivity contribution in [1.29, 1.82) is 0 Å². The van der Waals surface area contributed by atoms with Crippen LogP contribution in [0.15, 0.2) is 67.2 Å². The van der Waals surface area contributed by atoms with E-state index in [4.69, 9.17) is 4.74 Å². The Morgan fingerprint density at radius 2 is 1.72 bits per heavy atom. The lowest BCUT2D eigenvalue weighted by atomic mass is 9.88. The van der Waals surface area contributed by atoms with E-state index in [2.05, 4.69) is 37.8 Å². The van der Waals surface area contributed by atoms with E-state index in [9.17, 15) is 5.11 Å². The molecule has 1 N–H and O–H groups in total. The van der Waals surface area contributed by atoms with Gasteiger partial charge in [-0.2, -0.15) is 0 Å². The molecule has 1 heterocycles. The first-order chi connectivity index (χ1) is 12.1. The fourth-order valence-electron chi connectivity index (χ4n) is 3.77. The third kappa shape index (κ3) is 1.91. The summed E-state index contributed by atoms with van der Waals surface area (Å²) in [7, 11) is 0. The Kier molecular flexibility index (Phi) is 2.75. The first-order valence-electron chi connectivity index (χ1n) is 8.29. The van der Waals surface area contributed by atoms with Crippen LogP contribution in [0.3, 0.4) is 0 Å². The highest BCUT2D eigenvalue weighted by Crippen LogP contribution is 2.48. The van der Waals surface area contributed by atoms with Crippen molar-refractivity contribution in [3.63, 3.8) is 0 Å². The van der Waals surface area contributed by atoms with Gasteiger partial charge in [0, 0.05) is 16.5 Å². The van der Waals surface area contributed by atoms with Gasteiger partial charge in [0.05, 0.1) is 0 Å². The van der Waals surface area contributed by atoms with Crippen molar-refractivity contribution >= 4 is 27.1 Å². The van der Waals surface area contributed by atoms with Crippen LogP contribution in [-0.2, 0) is 0 Å². The SMILES string of the molecule is C=C1c2ccc3cc(O)ccc3c2Oc2ccc3c(C)cccc3c21. The lowest BCUT2D eigenvalue weighted by molar-refractivity contribution is 0.475. The van der Waals surface area contributed by atoms with Crippen molar-refractivity contribution in [2.24, 2.45) is 0 Å². The van der Waals surface area contributed by atoms with Gasteiger partial charge in [0.1, 0.15) is 17.2 Å². The average Bonchev–Trinajstić information content (AvgIpc) is 2.61. The molecule has 0 atom stereocenters. The molecule has 0 saturated carbocycles. The zero-order chi connectivity index (χ0) is 17.1. The van der Waals surface area contributed by atoms with Gasteiger partial charge in [-0.15, -0.1) is 0 Å². The fraction of sp³-hybridized carbons (Fsp3) is 0.0435. The first kappa shape index (κ1) is 14.1. The van der Waals surface area contributed by atoms with E-state index in [1.807, 2.05) is 24.3 Å². The quantitative estimate of drug-likeness (QED) is 0.369. The number of phenols is 1. The zero-order valence-electron chi connectivity index (χ0n) is 13.8. The Bertz CT molecular complexity index is 1200. The van der Waals surface area contributed by atoms with E-state index in [0.29, 0.717) is 0 Å². The maximum atomic E-state index is 9.73. The van der Waals surface area contributed by atoms with Gasteiger partial charge >= 0.3 is 0 Å². The van der Waals surface area contributed by atoms with Gasteiger partial charge < -0.3 is 9.84 Å². The third-order valence-electron chi connectivity index (χ3n) is 5.03. The van der Waals surface area contributed by atoms with Crippen molar-refractivity contribution in [3.8, 4) is 17.2 Å². The maximum absolute atomic E-state index is 9.73. The van der Waals surface area contributed by atoms with Crippen LogP contribution in [-0.4, -0.2) is 5.11 Å². The number of fused-ring (bicyclic) bond motifs is 6. The van der Waals surface area contributed by atoms with E-state index in [0.717, 1.165) is 39.0 Å². The number of aromatic hydroxyl groups is 1. The minimum absolute atomic E-state index is 0.254. The van der Waals surface area contributed by atoms with Crippen LogP contribution in [0.2, 0.25) is 0 Å². The number of ether oxygens (including phenoxy) is 1. The lowest BCUT2D eigenvalue weighted by Crippen LogP contribution is -2.03. The predicted molar refractivity (Wildman–Crippen MR) is 103 cm³/mol. The van der Waals surface area contributed by atoms with Crippen LogP contribution >= 0.6 is 0 Å². The zero-order valence-corrected chi connectivity index (χ0v) is 13.8. The Balaban J connectivity index is 1.82. The molecule has 0 bridgehead atoms. The highest BCUT2D eigenvalue weighted by molar-refractivity contribution is 6.06. The molecule has 4 aromatic rings. The monoisotopic (exact) mass is 324 g/mol. The number of phenolic OH excluding ortho intramolecular Hbond substituents is 1. The molecule has 120 valence electrons. The van der Waals surface area contributed by atoms with E-state index >= 15 is 0 Å². The fourth-order valence-corrected chi connectivity index (χ4v) is 3.77. The molecule has 4 aromatic carbocycles. The Labute approximate surface area is 145 Å². The van der Waals surface area contributed by atoms with Crippen LogP contribution in [0, 0.1) is 6.92 Å². The summed E-state index contributed by atoms with van der Waals surface area (Å²) in [4.78, 5) is 0. The summed E-state index contributed by atoms with van der Waals surface area (Å²) in [6, 6.07) is 19.8. The minimum Gasteiger partial charge on any atom is -0.508 e. The van der Waals surface area contributed by atoms with Gasteiger partial charge in [-0.1, -0.05) is 36.9 Å². The Hall–Kier alpha value is -3.26. The number of hydrogen-bond donors (Lipinski definition) is 1. The molecule has 0 radical (unpaired) electrons. The number of benzene rings is 4. The van der Waals surface area contributed by atoms with Gasteiger partial charge in [-0.25, -0.2) is 0 Å². The molecule has 0 aromatic heterocycles. The van der Waals surface area contributed by atoms with Crippen molar-refractivity contribution in [2.45, 2.75) is 6.92 Å². The number of rotatable bonds is 0. The average molecular weight is 324 g/mol. The lowest BCUT2D eigenvalue weighted by Gasteiger charge is -2.25. The molecular weight excluding hydrogens is 308 g/mol. The number of aryl methyl sites for hydroxylation is 1. The van der Waals surface area contributed by atoms with Crippen LogP contribution < -0.4 is 4.74 Å². The molecule has 1 aliphatic heterocycles. The van der Waals surface area contributed by atoms with Gasteiger partial charge in [0.15, 0.2) is 0 Å². The molecule has 0 saturated heterocycles. The molecule has 0 amide bonds. The highest BCUT2D eigenvalue weighted by Gasteiger charge is 2.24. The Morgan fingerprint density at radius 1 is 0.880 bits per heavy atom. The molecule has 5 rings (SSSR count). The van der Waals surface area contributed by atoms with Crippen molar-refractivity contribution in [3.05, 3.63) is 83.9 Å². The summed E-state index contributed by atoms with van der Waals surface area (Å²) in [5.74, 6) is 1.89. The number of hydrogen-bond acceptors (Lipinski definition) is 2. The van der Waals surface area contributed by atoms with Crippen LogP contribution in [0.5, 0.6) is 17.2 Å². The van der Waals surface area contributed by atoms with Crippen molar-refractivity contribution < 1.29 is 9.84 Å². The van der Waals surface area contributed by atoms with Gasteiger partial charge in [-0.3, -0.25) is 0 Å². The molecule has 0 fully saturated rings. The predicted octanol–water partition coefficient (Wildman–Crippen LogP) is 6.17. The molecule has 0 unspecified atom stereocenters. The summed E-state index contributed by atoms with van der Waals surface area (Å²) in [5.41, 5.74) is 4.28. The second-order valence-electron chi connectivity index (χ2n) is 6.54. The molecule has 2 heteroatoms. The standard InChI is InChI=1S/C23H16O2/c1-13-4-3-5-20-17(13)10-11-21-22(20)14(2)18-8-6-15-12-16(24)7-9-19(15)23(18)25-21/h3-12,24H,2H2,1H3. The van der Waals surface area contributed by atoms with Crippen LogP contribution in [0.4, 0.5) is 0 Å². The summed E-state index contributed by atoms with van der Waals surface area (Å²) in [6.45, 7) is 6.49. The Morgan fingerprint density at radius 3 is 2.60 bits per heavy atom. The summed E-state index contributed by atoms with van der Waals surface area (Å²) >= 11 is 0.